The Hall–Kier alpha value is -2.69. The van der Waals surface area contributed by atoms with Gasteiger partial charge in [-0.05, 0) is 12.0 Å². The summed E-state index contributed by atoms with van der Waals surface area (Å²) in [6.07, 6.45) is 5.24. The van der Waals surface area contributed by atoms with Crippen LogP contribution in [0.25, 0.3) is 11.3 Å². The Kier molecular flexibility index (Phi) is 2.46. The van der Waals surface area contributed by atoms with Crippen molar-refractivity contribution in [2.75, 3.05) is 0 Å². The van der Waals surface area contributed by atoms with Crippen LogP contribution < -0.4 is 0 Å². The average Bonchev–Trinajstić information content (AvgIpc) is 3.22. The maximum atomic E-state index is 13.0. The highest BCUT2D eigenvalue weighted by atomic mass is 16.4. The van der Waals surface area contributed by atoms with Crippen LogP contribution in [0.2, 0.25) is 0 Å². The summed E-state index contributed by atoms with van der Waals surface area (Å²) in [5, 5.41) is 0. The molecule has 2 unspecified atom stereocenters. The molecular weight excluding hydrogens is 290 g/mol. The Morgan fingerprint density at radius 1 is 1.30 bits per heavy atom. The fourth-order valence-electron chi connectivity index (χ4n) is 4.01. The largest absolute Gasteiger partial charge is 0.445 e. The Morgan fingerprint density at radius 2 is 2.17 bits per heavy atom. The molecule has 0 bridgehead atoms. The summed E-state index contributed by atoms with van der Waals surface area (Å²) < 4.78 is 7.69. The molecule has 0 amide bonds. The highest BCUT2D eigenvalue weighted by Crippen LogP contribution is 2.46. The summed E-state index contributed by atoms with van der Waals surface area (Å²) in [6.45, 7) is 1.79. The molecule has 23 heavy (non-hydrogen) atoms. The van der Waals surface area contributed by atoms with Crippen LogP contribution in [0.1, 0.15) is 40.2 Å². The Labute approximate surface area is 133 Å². The van der Waals surface area contributed by atoms with Gasteiger partial charge in [-0.2, -0.15) is 0 Å². The first-order valence-electron chi connectivity index (χ1n) is 7.85. The molecule has 5 rings (SSSR count). The second kappa shape index (κ2) is 4.41. The van der Waals surface area contributed by atoms with Gasteiger partial charge >= 0.3 is 0 Å². The summed E-state index contributed by atoms with van der Waals surface area (Å²) in [4.78, 5) is 21.6. The van der Waals surface area contributed by atoms with Gasteiger partial charge in [-0.3, -0.25) is 4.79 Å². The third kappa shape index (κ3) is 1.64. The lowest BCUT2D eigenvalue weighted by molar-refractivity contribution is 0.0862. The molecule has 2 atom stereocenters. The van der Waals surface area contributed by atoms with E-state index in [-0.39, 0.29) is 17.7 Å². The van der Waals surface area contributed by atoms with Gasteiger partial charge in [0.25, 0.3) is 0 Å². The minimum atomic E-state index is -0.122. The quantitative estimate of drug-likeness (QED) is 0.692. The number of nitrogens with zero attached hydrogens (tertiary/aromatic N) is 3. The number of ketones is 1. The van der Waals surface area contributed by atoms with E-state index < -0.39 is 0 Å². The number of carbonyl (C=O) groups excluding carboxylic acids is 1. The van der Waals surface area contributed by atoms with Crippen LogP contribution in [-0.2, 0) is 6.42 Å². The van der Waals surface area contributed by atoms with Gasteiger partial charge in [-0.1, -0.05) is 24.3 Å². The molecule has 5 heteroatoms. The van der Waals surface area contributed by atoms with Gasteiger partial charge in [-0.25, -0.2) is 9.97 Å². The van der Waals surface area contributed by atoms with Crippen molar-refractivity contribution >= 4 is 5.78 Å². The second-order valence-electron chi connectivity index (χ2n) is 6.23. The van der Waals surface area contributed by atoms with Gasteiger partial charge in [-0.15, -0.1) is 0 Å². The van der Waals surface area contributed by atoms with Crippen molar-refractivity contribution in [2.24, 2.45) is 5.92 Å². The van der Waals surface area contributed by atoms with E-state index in [9.17, 15) is 4.79 Å². The number of hydrogen-bond acceptors (Lipinski definition) is 4. The molecular formula is C18H15N3O2. The second-order valence-corrected chi connectivity index (χ2v) is 6.23. The molecule has 3 heterocycles. The molecule has 1 aromatic carbocycles. The number of imidazole rings is 1. The van der Waals surface area contributed by atoms with E-state index in [1.54, 1.807) is 6.92 Å². The summed E-state index contributed by atoms with van der Waals surface area (Å²) in [7, 11) is 0. The topological polar surface area (TPSA) is 60.9 Å². The van der Waals surface area contributed by atoms with Gasteiger partial charge < -0.3 is 8.98 Å². The van der Waals surface area contributed by atoms with E-state index in [4.69, 9.17) is 4.42 Å². The zero-order valence-electron chi connectivity index (χ0n) is 12.7. The summed E-state index contributed by atoms with van der Waals surface area (Å²) in [6, 6.07) is 8.28. The minimum absolute atomic E-state index is 0.00126. The molecule has 0 fully saturated rings. The number of Topliss-reactive ketones (excluding diaryl/α,β-unsaturated/α-hetero) is 1. The van der Waals surface area contributed by atoms with Crippen LogP contribution in [0.5, 0.6) is 0 Å². The standard InChI is InChI=1S/C18H15N3O2/c1-10-20-16-15(23-10)7-6-13(18(16)22)17-12-5-3-2-4-11(12)14-8-19-9-21(14)17/h2-5,8-9,13,17H,6-7H2,1H3. The van der Waals surface area contributed by atoms with E-state index in [0.29, 0.717) is 11.6 Å². The molecule has 2 aromatic heterocycles. The van der Waals surface area contributed by atoms with Crippen molar-refractivity contribution in [1.29, 1.82) is 0 Å². The SMILES string of the molecule is Cc1nc2c(o1)CCC(C1c3ccccc3-c3cncn31)C2=O. The van der Waals surface area contributed by atoms with E-state index in [1.807, 2.05) is 24.7 Å². The maximum Gasteiger partial charge on any atom is 0.191 e. The van der Waals surface area contributed by atoms with E-state index >= 15 is 0 Å². The Balaban J connectivity index is 1.65. The number of oxazole rings is 1. The van der Waals surface area contributed by atoms with Crippen LogP contribution in [0.4, 0.5) is 0 Å². The molecule has 1 aliphatic heterocycles. The zero-order valence-corrected chi connectivity index (χ0v) is 12.7. The first kappa shape index (κ1) is 12.8. The lowest BCUT2D eigenvalue weighted by Gasteiger charge is -2.27. The van der Waals surface area contributed by atoms with Crippen molar-refractivity contribution in [1.82, 2.24) is 14.5 Å². The zero-order chi connectivity index (χ0) is 15.6. The highest BCUT2D eigenvalue weighted by molar-refractivity contribution is 5.99. The molecule has 0 radical (unpaired) electrons. The van der Waals surface area contributed by atoms with Crippen molar-refractivity contribution in [2.45, 2.75) is 25.8 Å². The number of aryl methyl sites for hydroxylation is 2. The third-order valence-corrected chi connectivity index (χ3v) is 4.96. The van der Waals surface area contributed by atoms with Crippen molar-refractivity contribution < 1.29 is 9.21 Å². The number of hydrogen-bond donors (Lipinski definition) is 0. The summed E-state index contributed by atoms with van der Waals surface area (Å²) in [5.41, 5.74) is 3.97. The normalized spacial score (nSPS) is 21.9. The number of fused-ring (bicyclic) bond motifs is 4. The molecule has 0 saturated heterocycles. The van der Waals surface area contributed by atoms with Gasteiger partial charge in [0.05, 0.1) is 24.3 Å². The molecule has 0 N–H and O–H groups in total. The van der Waals surface area contributed by atoms with Crippen molar-refractivity contribution in [3.8, 4) is 11.3 Å². The third-order valence-electron chi connectivity index (χ3n) is 4.96. The fourth-order valence-corrected chi connectivity index (χ4v) is 4.01. The first-order chi connectivity index (χ1) is 11.2. The van der Waals surface area contributed by atoms with E-state index in [0.717, 1.165) is 24.3 Å². The smallest absolute Gasteiger partial charge is 0.191 e. The monoisotopic (exact) mass is 305 g/mol. The predicted octanol–water partition coefficient (Wildman–Crippen LogP) is 3.19. The van der Waals surface area contributed by atoms with Gasteiger partial charge in [0.2, 0.25) is 0 Å². The van der Waals surface area contributed by atoms with Crippen molar-refractivity contribution in [3.63, 3.8) is 0 Å². The lowest BCUT2D eigenvalue weighted by atomic mass is 9.81. The molecule has 0 saturated carbocycles. The lowest BCUT2D eigenvalue weighted by Crippen LogP contribution is -2.30. The number of rotatable bonds is 1. The van der Waals surface area contributed by atoms with Gasteiger partial charge in [0.15, 0.2) is 11.7 Å². The van der Waals surface area contributed by atoms with Crippen LogP contribution in [0.3, 0.4) is 0 Å². The fraction of sp³-hybridized carbons (Fsp3) is 0.278. The molecule has 114 valence electrons. The van der Waals surface area contributed by atoms with Gasteiger partial charge in [0, 0.05) is 24.8 Å². The average molecular weight is 305 g/mol. The Morgan fingerprint density at radius 3 is 3.09 bits per heavy atom. The van der Waals surface area contributed by atoms with Crippen LogP contribution in [-0.4, -0.2) is 20.3 Å². The molecule has 1 aliphatic carbocycles. The minimum Gasteiger partial charge on any atom is -0.445 e. The first-order valence-corrected chi connectivity index (χ1v) is 7.85. The molecule has 5 nitrogen and oxygen atoms in total. The van der Waals surface area contributed by atoms with Crippen LogP contribution >= 0.6 is 0 Å². The highest BCUT2D eigenvalue weighted by Gasteiger charge is 2.42. The van der Waals surface area contributed by atoms with E-state index in [2.05, 4.69) is 26.7 Å². The number of aromatic nitrogens is 3. The maximum absolute atomic E-state index is 13.0. The molecule has 3 aromatic rings. The van der Waals surface area contributed by atoms with Crippen LogP contribution in [0.15, 0.2) is 41.2 Å². The Bertz CT molecular complexity index is 937. The number of carbonyl (C=O) groups is 1. The van der Waals surface area contributed by atoms with Crippen LogP contribution in [0, 0.1) is 12.8 Å². The molecule has 0 spiro atoms. The van der Waals surface area contributed by atoms with Gasteiger partial charge in [0.1, 0.15) is 11.5 Å². The van der Waals surface area contributed by atoms with Crippen molar-refractivity contribution in [3.05, 3.63) is 59.7 Å². The predicted molar refractivity (Wildman–Crippen MR) is 83.2 cm³/mol. The van der Waals surface area contributed by atoms with E-state index in [1.165, 1.54) is 11.1 Å². The summed E-state index contributed by atoms with van der Waals surface area (Å²) in [5.74, 6) is 1.27. The molecule has 2 aliphatic rings. The number of benzene rings is 1. The summed E-state index contributed by atoms with van der Waals surface area (Å²) >= 11 is 0.